The number of rotatable bonds is 6. The van der Waals surface area contributed by atoms with Crippen LogP contribution >= 0.6 is 0 Å². The van der Waals surface area contributed by atoms with Gasteiger partial charge in [-0.15, -0.1) is 0 Å². The molecule has 0 radical (unpaired) electrons. The van der Waals surface area contributed by atoms with Crippen LogP contribution in [0, 0.1) is 6.92 Å². The molecule has 0 unspecified atom stereocenters. The van der Waals surface area contributed by atoms with E-state index in [0.717, 1.165) is 12.0 Å². The van der Waals surface area contributed by atoms with Crippen LogP contribution in [0.1, 0.15) is 18.9 Å². The molecular weight excluding hydrogens is 288 g/mol. The van der Waals surface area contributed by atoms with Gasteiger partial charge in [-0.05, 0) is 37.1 Å². The Labute approximate surface area is 124 Å². The lowest BCUT2D eigenvalue weighted by molar-refractivity contribution is 0.601. The summed E-state index contributed by atoms with van der Waals surface area (Å²) in [5.74, 6) is 0.355. The highest BCUT2D eigenvalue weighted by Gasteiger charge is 2.20. The SMILES string of the molecule is CCCNc1ncccc1S(=O)(=O)Nc1cnccc1C. The molecule has 2 aromatic rings. The number of sulfonamides is 1. The third kappa shape index (κ3) is 3.69. The van der Waals surface area contributed by atoms with Gasteiger partial charge in [0, 0.05) is 18.9 Å². The van der Waals surface area contributed by atoms with Gasteiger partial charge in [-0.3, -0.25) is 9.71 Å². The molecule has 2 aromatic heterocycles. The third-order valence-corrected chi connectivity index (χ3v) is 4.28. The minimum atomic E-state index is -3.71. The number of hydrogen-bond acceptors (Lipinski definition) is 5. The van der Waals surface area contributed by atoms with Gasteiger partial charge in [-0.25, -0.2) is 13.4 Å². The first kappa shape index (κ1) is 15.2. The summed E-state index contributed by atoms with van der Waals surface area (Å²) in [6, 6.07) is 4.87. The van der Waals surface area contributed by atoms with Gasteiger partial charge in [0.2, 0.25) is 0 Å². The fourth-order valence-corrected chi connectivity index (χ4v) is 3.00. The number of pyridine rings is 2. The monoisotopic (exact) mass is 306 g/mol. The lowest BCUT2D eigenvalue weighted by Gasteiger charge is -2.13. The van der Waals surface area contributed by atoms with Crippen molar-refractivity contribution >= 4 is 21.5 Å². The minimum absolute atomic E-state index is 0.127. The Morgan fingerprint density at radius 1 is 1.24 bits per heavy atom. The van der Waals surface area contributed by atoms with E-state index in [2.05, 4.69) is 20.0 Å². The second kappa shape index (κ2) is 6.53. The zero-order chi connectivity index (χ0) is 15.3. The van der Waals surface area contributed by atoms with Gasteiger partial charge < -0.3 is 5.32 Å². The predicted molar refractivity (Wildman–Crippen MR) is 82.8 cm³/mol. The van der Waals surface area contributed by atoms with Crippen LogP contribution < -0.4 is 10.0 Å². The molecule has 2 rings (SSSR count). The normalized spacial score (nSPS) is 11.1. The molecule has 6 nitrogen and oxygen atoms in total. The van der Waals surface area contributed by atoms with E-state index in [-0.39, 0.29) is 4.90 Å². The van der Waals surface area contributed by atoms with Gasteiger partial charge in [0.25, 0.3) is 10.0 Å². The Hall–Kier alpha value is -2.15. The van der Waals surface area contributed by atoms with E-state index < -0.39 is 10.0 Å². The molecule has 0 atom stereocenters. The van der Waals surface area contributed by atoms with Crippen LogP contribution in [0.25, 0.3) is 0 Å². The molecule has 21 heavy (non-hydrogen) atoms. The molecule has 7 heteroatoms. The van der Waals surface area contributed by atoms with E-state index >= 15 is 0 Å². The van der Waals surface area contributed by atoms with Crippen LogP contribution in [0.5, 0.6) is 0 Å². The van der Waals surface area contributed by atoms with Crippen LogP contribution in [0.2, 0.25) is 0 Å². The van der Waals surface area contributed by atoms with Gasteiger partial charge in [0.05, 0.1) is 11.9 Å². The van der Waals surface area contributed by atoms with Crippen molar-refractivity contribution in [2.75, 3.05) is 16.6 Å². The first-order valence-corrected chi connectivity index (χ1v) is 8.15. The number of nitrogens with one attached hydrogen (secondary N) is 2. The molecule has 0 amide bonds. The van der Waals surface area contributed by atoms with Gasteiger partial charge >= 0.3 is 0 Å². The quantitative estimate of drug-likeness (QED) is 0.856. The van der Waals surface area contributed by atoms with Crippen LogP contribution in [-0.2, 0) is 10.0 Å². The molecule has 2 N–H and O–H groups in total. The van der Waals surface area contributed by atoms with Gasteiger partial charge in [-0.2, -0.15) is 0 Å². The predicted octanol–water partition coefficient (Wildman–Crippen LogP) is 2.41. The first-order valence-electron chi connectivity index (χ1n) is 6.67. The Kier molecular flexibility index (Phi) is 4.74. The lowest BCUT2D eigenvalue weighted by Crippen LogP contribution is -2.17. The van der Waals surface area contributed by atoms with E-state index in [0.29, 0.717) is 18.1 Å². The summed E-state index contributed by atoms with van der Waals surface area (Å²) in [4.78, 5) is 8.16. The first-order chi connectivity index (χ1) is 10.0. The van der Waals surface area contributed by atoms with E-state index in [4.69, 9.17) is 0 Å². The summed E-state index contributed by atoms with van der Waals surface area (Å²) in [6.07, 6.45) is 5.55. The molecule has 0 saturated heterocycles. The lowest BCUT2D eigenvalue weighted by atomic mass is 10.3. The second-order valence-corrected chi connectivity index (χ2v) is 6.22. The summed E-state index contributed by atoms with van der Waals surface area (Å²) in [5.41, 5.74) is 1.27. The van der Waals surface area contributed by atoms with Crippen molar-refractivity contribution in [3.05, 3.63) is 42.4 Å². The molecule has 112 valence electrons. The summed E-state index contributed by atoms with van der Waals surface area (Å²) in [7, 11) is -3.71. The average molecular weight is 306 g/mol. The highest BCUT2D eigenvalue weighted by Crippen LogP contribution is 2.22. The smallest absolute Gasteiger partial charge is 0.265 e. The molecule has 0 aliphatic heterocycles. The second-order valence-electron chi connectivity index (χ2n) is 4.57. The molecular formula is C14H18N4O2S. The Morgan fingerprint density at radius 2 is 2.05 bits per heavy atom. The van der Waals surface area contributed by atoms with Gasteiger partial charge in [0.15, 0.2) is 0 Å². The van der Waals surface area contributed by atoms with Gasteiger partial charge in [0.1, 0.15) is 10.7 Å². The number of nitrogens with zero attached hydrogens (tertiary/aromatic N) is 2. The summed E-state index contributed by atoms with van der Waals surface area (Å²) >= 11 is 0. The summed E-state index contributed by atoms with van der Waals surface area (Å²) < 4.78 is 27.6. The van der Waals surface area contributed by atoms with Crippen molar-refractivity contribution in [3.8, 4) is 0 Å². The molecule has 0 bridgehead atoms. The Bertz CT molecular complexity index is 716. The molecule has 0 aromatic carbocycles. The minimum Gasteiger partial charge on any atom is -0.369 e. The fourth-order valence-electron chi connectivity index (χ4n) is 1.75. The van der Waals surface area contributed by atoms with Crippen molar-refractivity contribution in [1.29, 1.82) is 0 Å². The highest BCUT2D eigenvalue weighted by molar-refractivity contribution is 7.92. The molecule has 0 saturated carbocycles. The molecule has 0 aliphatic carbocycles. The molecule has 0 spiro atoms. The molecule has 2 heterocycles. The molecule has 0 fully saturated rings. The van der Waals surface area contributed by atoms with E-state index in [1.807, 2.05) is 13.8 Å². The zero-order valence-corrected chi connectivity index (χ0v) is 12.8. The maximum Gasteiger partial charge on any atom is 0.265 e. The Balaban J connectivity index is 2.34. The number of aryl methyl sites for hydroxylation is 1. The maximum absolute atomic E-state index is 12.5. The number of anilines is 2. The highest BCUT2D eigenvalue weighted by atomic mass is 32.2. The van der Waals surface area contributed by atoms with Crippen molar-refractivity contribution in [2.24, 2.45) is 0 Å². The largest absolute Gasteiger partial charge is 0.369 e. The average Bonchev–Trinajstić information content (AvgIpc) is 2.47. The van der Waals surface area contributed by atoms with Crippen molar-refractivity contribution in [2.45, 2.75) is 25.2 Å². The summed E-state index contributed by atoms with van der Waals surface area (Å²) in [5, 5.41) is 3.02. The Morgan fingerprint density at radius 3 is 2.76 bits per heavy atom. The maximum atomic E-state index is 12.5. The van der Waals surface area contributed by atoms with Crippen molar-refractivity contribution in [1.82, 2.24) is 9.97 Å². The number of aromatic nitrogens is 2. The van der Waals surface area contributed by atoms with Crippen LogP contribution in [0.4, 0.5) is 11.5 Å². The van der Waals surface area contributed by atoms with Crippen LogP contribution in [0.3, 0.4) is 0 Å². The summed E-state index contributed by atoms with van der Waals surface area (Å²) in [6.45, 7) is 4.48. The number of hydrogen-bond donors (Lipinski definition) is 2. The standard InChI is InChI=1S/C14H18N4O2S/c1-3-7-16-14-13(5-4-8-17-14)21(19,20)18-12-10-15-9-6-11(12)2/h4-6,8-10,18H,3,7H2,1-2H3,(H,16,17). The van der Waals surface area contributed by atoms with Crippen LogP contribution in [0.15, 0.2) is 41.7 Å². The van der Waals surface area contributed by atoms with E-state index in [1.54, 1.807) is 24.5 Å². The van der Waals surface area contributed by atoms with Crippen molar-refractivity contribution in [3.63, 3.8) is 0 Å². The zero-order valence-electron chi connectivity index (χ0n) is 12.0. The topological polar surface area (TPSA) is 84.0 Å². The van der Waals surface area contributed by atoms with Crippen molar-refractivity contribution < 1.29 is 8.42 Å². The van der Waals surface area contributed by atoms with Crippen LogP contribution in [-0.4, -0.2) is 24.9 Å². The van der Waals surface area contributed by atoms with E-state index in [9.17, 15) is 8.42 Å². The third-order valence-electron chi connectivity index (χ3n) is 2.89. The van der Waals surface area contributed by atoms with Gasteiger partial charge in [-0.1, -0.05) is 6.92 Å². The fraction of sp³-hybridized carbons (Fsp3) is 0.286. The molecule has 0 aliphatic rings. The van der Waals surface area contributed by atoms with E-state index in [1.165, 1.54) is 12.3 Å².